The van der Waals surface area contributed by atoms with Crippen molar-refractivity contribution in [1.29, 1.82) is 0 Å². The average Bonchev–Trinajstić information content (AvgIpc) is 3.31. The highest BCUT2D eigenvalue weighted by Gasteiger charge is 2.10. The Hall–Kier alpha value is -2.83. The number of nitrogens with zero attached hydrogens (tertiary/aromatic N) is 2. The minimum atomic E-state index is -0.0966. The van der Waals surface area contributed by atoms with E-state index < -0.39 is 0 Å². The second-order valence-corrected chi connectivity index (χ2v) is 7.98. The van der Waals surface area contributed by atoms with Gasteiger partial charge in [-0.15, -0.1) is 22.7 Å². The van der Waals surface area contributed by atoms with Crippen molar-refractivity contribution in [2.45, 2.75) is 13.3 Å². The molecule has 27 heavy (non-hydrogen) atoms. The van der Waals surface area contributed by atoms with Crippen molar-refractivity contribution in [3.05, 3.63) is 76.1 Å². The number of aromatic nitrogens is 2. The number of amides is 1. The molecule has 0 aliphatic rings. The molecule has 0 aliphatic heterocycles. The van der Waals surface area contributed by atoms with Gasteiger partial charge in [0, 0.05) is 16.3 Å². The summed E-state index contributed by atoms with van der Waals surface area (Å²) in [6.45, 7) is 1.93. The number of anilines is 1. The van der Waals surface area contributed by atoms with Gasteiger partial charge >= 0.3 is 0 Å². The Morgan fingerprint density at radius 3 is 2.30 bits per heavy atom. The van der Waals surface area contributed by atoms with E-state index >= 15 is 0 Å². The molecule has 0 bridgehead atoms. The lowest BCUT2D eigenvalue weighted by Gasteiger charge is -2.03. The summed E-state index contributed by atoms with van der Waals surface area (Å²) in [5, 5.41) is 8.30. The fraction of sp³-hybridized carbons (Fsp3) is 0.0952. The summed E-state index contributed by atoms with van der Waals surface area (Å²) in [6, 6.07) is 18.6. The quantitative estimate of drug-likeness (QED) is 0.494. The molecule has 0 saturated carbocycles. The van der Waals surface area contributed by atoms with Crippen LogP contribution in [-0.2, 0) is 11.2 Å². The SMILES string of the molecule is Cc1nc(CC(=O)Nc2nc(-c3ccc(-c4ccccc4)cc3)cs2)cs1. The normalized spacial score (nSPS) is 10.7. The number of hydrogen-bond donors (Lipinski definition) is 1. The Bertz CT molecular complexity index is 1050. The van der Waals surface area contributed by atoms with Crippen LogP contribution in [-0.4, -0.2) is 15.9 Å². The summed E-state index contributed by atoms with van der Waals surface area (Å²) < 4.78 is 0. The third-order valence-corrected chi connectivity index (χ3v) is 5.63. The number of aryl methyl sites for hydroxylation is 1. The second kappa shape index (κ2) is 7.82. The number of benzene rings is 2. The molecule has 1 N–H and O–H groups in total. The van der Waals surface area contributed by atoms with Crippen LogP contribution in [0.4, 0.5) is 5.13 Å². The zero-order valence-corrected chi connectivity index (χ0v) is 16.3. The molecule has 6 heteroatoms. The van der Waals surface area contributed by atoms with Crippen molar-refractivity contribution in [2.75, 3.05) is 5.32 Å². The first-order valence-electron chi connectivity index (χ1n) is 8.49. The lowest BCUT2D eigenvalue weighted by atomic mass is 10.0. The average molecular weight is 392 g/mol. The highest BCUT2D eigenvalue weighted by molar-refractivity contribution is 7.14. The maximum Gasteiger partial charge on any atom is 0.232 e. The summed E-state index contributed by atoms with van der Waals surface area (Å²) in [5.74, 6) is -0.0966. The molecule has 2 aromatic carbocycles. The van der Waals surface area contributed by atoms with Crippen LogP contribution in [0.1, 0.15) is 10.7 Å². The molecular weight excluding hydrogens is 374 g/mol. The zero-order valence-electron chi connectivity index (χ0n) is 14.7. The van der Waals surface area contributed by atoms with E-state index in [0.717, 1.165) is 22.0 Å². The smallest absolute Gasteiger partial charge is 0.232 e. The van der Waals surface area contributed by atoms with Crippen LogP contribution in [0.25, 0.3) is 22.4 Å². The second-order valence-electron chi connectivity index (χ2n) is 6.06. The molecule has 4 aromatic rings. The number of rotatable bonds is 5. The van der Waals surface area contributed by atoms with Crippen LogP contribution in [0.3, 0.4) is 0 Å². The van der Waals surface area contributed by atoms with Gasteiger partial charge in [-0.1, -0.05) is 54.6 Å². The molecular formula is C21H17N3OS2. The molecule has 0 saturated heterocycles. The third kappa shape index (κ3) is 4.30. The van der Waals surface area contributed by atoms with Crippen LogP contribution in [0.5, 0.6) is 0 Å². The molecule has 1 amide bonds. The van der Waals surface area contributed by atoms with Gasteiger partial charge in [-0.2, -0.15) is 0 Å². The summed E-state index contributed by atoms with van der Waals surface area (Å²) in [5.41, 5.74) is 5.04. The number of carbonyl (C=O) groups is 1. The highest BCUT2D eigenvalue weighted by atomic mass is 32.1. The lowest BCUT2D eigenvalue weighted by Crippen LogP contribution is -2.14. The van der Waals surface area contributed by atoms with Gasteiger partial charge in [0.05, 0.1) is 22.8 Å². The minimum absolute atomic E-state index is 0.0966. The van der Waals surface area contributed by atoms with Crippen LogP contribution in [0, 0.1) is 6.92 Å². The van der Waals surface area contributed by atoms with Crippen LogP contribution in [0.15, 0.2) is 65.4 Å². The van der Waals surface area contributed by atoms with Crippen molar-refractivity contribution in [1.82, 2.24) is 9.97 Å². The molecule has 0 atom stereocenters. The molecule has 4 nitrogen and oxygen atoms in total. The molecule has 134 valence electrons. The Balaban J connectivity index is 1.43. The Labute approximate surface area is 165 Å². The van der Waals surface area contributed by atoms with Crippen molar-refractivity contribution < 1.29 is 4.79 Å². The fourth-order valence-electron chi connectivity index (χ4n) is 2.75. The van der Waals surface area contributed by atoms with E-state index in [1.54, 1.807) is 11.3 Å². The standard InChI is InChI=1S/C21H17N3OS2/c1-14-22-18(12-26-14)11-20(25)24-21-23-19(13-27-21)17-9-7-16(8-10-17)15-5-3-2-4-6-15/h2-10,12-13H,11H2,1H3,(H,23,24,25). The van der Waals surface area contributed by atoms with Gasteiger partial charge in [0.25, 0.3) is 0 Å². The van der Waals surface area contributed by atoms with Gasteiger partial charge in [-0.3, -0.25) is 4.79 Å². The molecule has 0 unspecified atom stereocenters. The van der Waals surface area contributed by atoms with Gasteiger partial charge < -0.3 is 5.32 Å². The first-order valence-corrected chi connectivity index (χ1v) is 10.3. The minimum Gasteiger partial charge on any atom is -0.302 e. The van der Waals surface area contributed by atoms with E-state index in [-0.39, 0.29) is 12.3 Å². The largest absolute Gasteiger partial charge is 0.302 e. The van der Waals surface area contributed by atoms with E-state index in [9.17, 15) is 4.79 Å². The molecule has 0 spiro atoms. The zero-order chi connectivity index (χ0) is 18.6. The first kappa shape index (κ1) is 17.6. The maximum absolute atomic E-state index is 12.2. The number of thiazole rings is 2. The Morgan fingerprint density at radius 1 is 0.889 bits per heavy atom. The predicted molar refractivity (Wildman–Crippen MR) is 112 cm³/mol. The van der Waals surface area contributed by atoms with E-state index in [0.29, 0.717) is 5.13 Å². The molecule has 2 heterocycles. The Morgan fingerprint density at radius 2 is 1.59 bits per heavy atom. The van der Waals surface area contributed by atoms with Gasteiger partial charge in [0.1, 0.15) is 0 Å². The fourth-order valence-corrected chi connectivity index (χ4v) is 4.09. The lowest BCUT2D eigenvalue weighted by molar-refractivity contribution is -0.115. The molecule has 0 fully saturated rings. The van der Waals surface area contributed by atoms with Gasteiger partial charge in [0.2, 0.25) is 5.91 Å². The molecule has 0 radical (unpaired) electrons. The number of carbonyl (C=O) groups excluding carboxylic acids is 1. The molecule has 4 rings (SSSR count). The van der Waals surface area contributed by atoms with Crippen molar-refractivity contribution in [3.8, 4) is 22.4 Å². The van der Waals surface area contributed by atoms with Crippen LogP contribution in [0.2, 0.25) is 0 Å². The molecule has 2 aromatic heterocycles. The maximum atomic E-state index is 12.2. The summed E-state index contributed by atoms with van der Waals surface area (Å²) in [7, 11) is 0. The Kier molecular flexibility index (Phi) is 5.09. The molecule has 0 aliphatic carbocycles. The predicted octanol–water partition coefficient (Wildman–Crippen LogP) is 5.42. The summed E-state index contributed by atoms with van der Waals surface area (Å²) in [6.07, 6.45) is 0.269. The highest BCUT2D eigenvalue weighted by Crippen LogP contribution is 2.27. The van der Waals surface area contributed by atoms with Gasteiger partial charge in [0.15, 0.2) is 5.13 Å². The van der Waals surface area contributed by atoms with E-state index in [4.69, 9.17) is 0 Å². The number of nitrogens with one attached hydrogen (secondary N) is 1. The number of hydrogen-bond acceptors (Lipinski definition) is 5. The van der Waals surface area contributed by atoms with E-state index in [1.807, 2.05) is 35.9 Å². The van der Waals surface area contributed by atoms with Crippen molar-refractivity contribution in [2.24, 2.45) is 0 Å². The van der Waals surface area contributed by atoms with Gasteiger partial charge in [-0.05, 0) is 18.1 Å². The summed E-state index contributed by atoms with van der Waals surface area (Å²) in [4.78, 5) is 21.0. The van der Waals surface area contributed by atoms with Crippen molar-refractivity contribution in [3.63, 3.8) is 0 Å². The van der Waals surface area contributed by atoms with Crippen LogP contribution < -0.4 is 5.32 Å². The van der Waals surface area contributed by atoms with Gasteiger partial charge in [-0.25, -0.2) is 9.97 Å². The van der Waals surface area contributed by atoms with E-state index in [1.165, 1.54) is 22.5 Å². The van der Waals surface area contributed by atoms with E-state index in [2.05, 4.69) is 51.7 Å². The monoisotopic (exact) mass is 391 g/mol. The topological polar surface area (TPSA) is 54.9 Å². The van der Waals surface area contributed by atoms with Crippen molar-refractivity contribution >= 4 is 33.7 Å². The van der Waals surface area contributed by atoms with Crippen LogP contribution >= 0.6 is 22.7 Å². The first-order chi connectivity index (χ1) is 13.2. The summed E-state index contributed by atoms with van der Waals surface area (Å²) >= 11 is 2.98. The third-order valence-electron chi connectivity index (χ3n) is 4.05.